The lowest BCUT2D eigenvalue weighted by Gasteiger charge is -2.07. The minimum absolute atomic E-state index is 0.0868. The van der Waals surface area contributed by atoms with E-state index in [0.29, 0.717) is 13.0 Å². The SMILES string of the molecule is Cc1ccccc1CCC(=O)NCCCCCCC(=O)O. The standard InChI is InChI=1S/C17H25NO3/c1-14-8-5-6-9-15(14)11-12-16(19)18-13-7-3-2-4-10-17(20)21/h5-6,8-9H,2-4,7,10-13H2,1H3,(H,18,19)(H,20,21). The summed E-state index contributed by atoms with van der Waals surface area (Å²) in [5.41, 5.74) is 2.45. The average molecular weight is 291 g/mol. The average Bonchev–Trinajstić information content (AvgIpc) is 2.45. The third-order valence-electron chi connectivity index (χ3n) is 3.52. The van der Waals surface area contributed by atoms with Crippen molar-refractivity contribution in [2.24, 2.45) is 0 Å². The van der Waals surface area contributed by atoms with Gasteiger partial charge in [-0.3, -0.25) is 9.59 Å². The lowest BCUT2D eigenvalue weighted by molar-refractivity contribution is -0.137. The summed E-state index contributed by atoms with van der Waals surface area (Å²) in [6, 6.07) is 8.12. The van der Waals surface area contributed by atoms with Crippen molar-refractivity contribution >= 4 is 11.9 Å². The largest absolute Gasteiger partial charge is 0.481 e. The number of benzene rings is 1. The molecule has 116 valence electrons. The summed E-state index contributed by atoms with van der Waals surface area (Å²) < 4.78 is 0. The first kappa shape index (κ1) is 17.2. The van der Waals surface area contributed by atoms with Gasteiger partial charge >= 0.3 is 5.97 Å². The first-order chi connectivity index (χ1) is 10.1. The fourth-order valence-electron chi connectivity index (χ4n) is 2.21. The first-order valence-electron chi connectivity index (χ1n) is 7.62. The lowest BCUT2D eigenvalue weighted by Crippen LogP contribution is -2.24. The van der Waals surface area contributed by atoms with Gasteiger partial charge in [-0.2, -0.15) is 0 Å². The fourth-order valence-corrected chi connectivity index (χ4v) is 2.21. The highest BCUT2D eigenvalue weighted by Crippen LogP contribution is 2.09. The molecule has 1 aromatic rings. The van der Waals surface area contributed by atoms with Crippen LogP contribution in [0.4, 0.5) is 0 Å². The normalized spacial score (nSPS) is 10.3. The Bertz CT molecular complexity index is 457. The summed E-state index contributed by atoms with van der Waals surface area (Å²) in [6.45, 7) is 2.74. The number of unbranched alkanes of at least 4 members (excludes halogenated alkanes) is 3. The number of amides is 1. The number of aliphatic carboxylic acids is 1. The minimum atomic E-state index is -0.737. The second-order valence-electron chi connectivity index (χ2n) is 5.33. The molecule has 0 spiro atoms. The van der Waals surface area contributed by atoms with Gasteiger partial charge in [0.15, 0.2) is 0 Å². The Balaban J connectivity index is 2.04. The molecular weight excluding hydrogens is 266 g/mol. The van der Waals surface area contributed by atoms with Crippen LogP contribution in [0.15, 0.2) is 24.3 Å². The van der Waals surface area contributed by atoms with Gasteiger partial charge in [0.05, 0.1) is 0 Å². The van der Waals surface area contributed by atoms with Crippen molar-refractivity contribution in [1.29, 1.82) is 0 Å². The van der Waals surface area contributed by atoms with Gasteiger partial charge in [0.25, 0.3) is 0 Å². The molecule has 0 saturated heterocycles. The van der Waals surface area contributed by atoms with Gasteiger partial charge in [0.1, 0.15) is 0 Å². The predicted octanol–water partition coefficient (Wildman–Crippen LogP) is 3.08. The number of carboxylic acid groups (broad SMARTS) is 1. The van der Waals surface area contributed by atoms with Crippen LogP contribution >= 0.6 is 0 Å². The molecule has 4 heteroatoms. The number of carbonyl (C=O) groups is 2. The lowest BCUT2D eigenvalue weighted by atomic mass is 10.0. The molecule has 0 aliphatic rings. The highest BCUT2D eigenvalue weighted by Gasteiger charge is 2.03. The van der Waals surface area contributed by atoms with Gasteiger partial charge in [-0.1, -0.05) is 37.1 Å². The summed E-state index contributed by atoms with van der Waals surface area (Å²) >= 11 is 0. The zero-order valence-corrected chi connectivity index (χ0v) is 12.7. The van der Waals surface area contributed by atoms with Gasteiger partial charge in [0, 0.05) is 19.4 Å². The highest BCUT2D eigenvalue weighted by atomic mass is 16.4. The van der Waals surface area contributed by atoms with Crippen molar-refractivity contribution in [3.8, 4) is 0 Å². The van der Waals surface area contributed by atoms with Crippen molar-refractivity contribution in [3.05, 3.63) is 35.4 Å². The number of nitrogens with one attached hydrogen (secondary N) is 1. The molecule has 21 heavy (non-hydrogen) atoms. The van der Waals surface area contributed by atoms with Gasteiger partial charge in [-0.25, -0.2) is 0 Å². The number of carboxylic acids is 1. The number of aryl methyl sites for hydroxylation is 2. The van der Waals surface area contributed by atoms with E-state index in [-0.39, 0.29) is 12.3 Å². The summed E-state index contributed by atoms with van der Waals surface area (Å²) in [5, 5.41) is 11.4. The topological polar surface area (TPSA) is 66.4 Å². The molecule has 1 amide bonds. The van der Waals surface area contributed by atoms with E-state index >= 15 is 0 Å². The second-order valence-corrected chi connectivity index (χ2v) is 5.33. The molecule has 4 nitrogen and oxygen atoms in total. The van der Waals surface area contributed by atoms with E-state index in [1.54, 1.807) is 0 Å². The Kier molecular flexibility index (Phi) is 8.17. The van der Waals surface area contributed by atoms with E-state index in [9.17, 15) is 9.59 Å². The smallest absolute Gasteiger partial charge is 0.303 e. The summed E-state index contributed by atoms with van der Waals surface area (Å²) in [4.78, 5) is 22.1. The van der Waals surface area contributed by atoms with Crippen LogP contribution in [-0.4, -0.2) is 23.5 Å². The van der Waals surface area contributed by atoms with Crippen LogP contribution in [0, 0.1) is 6.92 Å². The molecule has 0 heterocycles. The van der Waals surface area contributed by atoms with Crippen LogP contribution in [0.1, 0.15) is 49.7 Å². The van der Waals surface area contributed by atoms with Crippen molar-refractivity contribution in [2.45, 2.75) is 51.9 Å². The van der Waals surface area contributed by atoms with Crippen LogP contribution in [-0.2, 0) is 16.0 Å². The molecule has 2 N–H and O–H groups in total. The molecule has 0 saturated carbocycles. The molecule has 0 aliphatic heterocycles. The van der Waals surface area contributed by atoms with Gasteiger partial charge < -0.3 is 10.4 Å². The van der Waals surface area contributed by atoms with Crippen molar-refractivity contribution < 1.29 is 14.7 Å². The monoisotopic (exact) mass is 291 g/mol. The number of hydrogen-bond donors (Lipinski definition) is 2. The maximum atomic E-state index is 11.7. The summed E-state index contributed by atoms with van der Waals surface area (Å²) in [7, 11) is 0. The maximum Gasteiger partial charge on any atom is 0.303 e. The quantitative estimate of drug-likeness (QED) is 0.651. The third-order valence-corrected chi connectivity index (χ3v) is 3.52. The highest BCUT2D eigenvalue weighted by molar-refractivity contribution is 5.76. The van der Waals surface area contributed by atoms with Crippen LogP contribution < -0.4 is 5.32 Å². The Hall–Kier alpha value is -1.84. The van der Waals surface area contributed by atoms with Crippen LogP contribution in [0.25, 0.3) is 0 Å². The van der Waals surface area contributed by atoms with E-state index < -0.39 is 5.97 Å². The zero-order valence-electron chi connectivity index (χ0n) is 12.7. The van der Waals surface area contributed by atoms with Gasteiger partial charge in [0.2, 0.25) is 5.91 Å². The maximum absolute atomic E-state index is 11.7. The van der Waals surface area contributed by atoms with E-state index in [1.165, 1.54) is 11.1 Å². The number of hydrogen-bond acceptors (Lipinski definition) is 2. The molecule has 0 unspecified atom stereocenters. The molecule has 0 radical (unpaired) electrons. The zero-order chi connectivity index (χ0) is 15.5. The van der Waals surface area contributed by atoms with E-state index in [1.807, 2.05) is 12.1 Å². The van der Waals surface area contributed by atoms with Crippen molar-refractivity contribution in [3.63, 3.8) is 0 Å². The van der Waals surface area contributed by atoms with Crippen molar-refractivity contribution in [2.75, 3.05) is 6.54 Å². The molecule has 1 rings (SSSR count). The predicted molar refractivity (Wildman–Crippen MR) is 83.2 cm³/mol. The van der Waals surface area contributed by atoms with Crippen molar-refractivity contribution in [1.82, 2.24) is 5.32 Å². The molecular formula is C17H25NO3. The summed E-state index contributed by atoms with van der Waals surface area (Å²) in [6.07, 6.45) is 5.03. The minimum Gasteiger partial charge on any atom is -0.481 e. The second kappa shape index (κ2) is 9.97. The van der Waals surface area contributed by atoms with E-state index in [2.05, 4.69) is 24.4 Å². The Morgan fingerprint density at radius 3 is 2.48 bits per heavy atom. The van der Waals surface area contributed by atoms with Crippen LogP contribution in [0.3, 0.4) is 0 Å². The molecule has 1 aromatic carbocycles. The molecule has 0 atom stereocenters. The Morgan fingerprint density at radius 1 is 1.05 bits per heavy atom. The summed E-state index contributed by atoms with van der Waals surface area (Å²) in [5.74, 6) is -0.650. The number of rotatable bonds is 10. The first-order valence-corrected chi connectivity index (χ1v) is 7.62. The van der Waals surface area contributed by atoms with E-state index in [4.69, 9.17) is 5.11 Å². The third kappa shape index (κ3) is 8.12. The Morgan fingerprint density at radius 2 is 1.76 bits per heavy atom. The fraction of sp³-hybridized carbons (Fsp3) is 0.529. The number of carbonyl (C=O) groups excluding carboxylic acids is 1. The van der Waals surface area contributed by atoms with Crippen LogP contribution in [0.2, 0.25) is 0 Å². The molecule has 0 aliphatic carbocycles. The van der Waals surface area contributed by atoms with Crippen LogP contribution in [0.5, 0.6) is 0 Å². The van der Waals surface area contributed by atoms with E-state index in [0.717, 1.165) is 32.1 Å². The van der Waals surface area contributed by atoms with Gasteiger partial charge in [-0.05, 0) is 37.3 Å². The van der Waals surface area contributed by atoms with Gasteiger partial charge in [-0.15, -0.1) is 0 Å². The molecule has 0 bridgehead atoms. The Labute approximate surface area is 126 Å². The molecule has 0 aromatic heterocycles. The molecule has 0 fully saturated rings.